The first-order chi connectivity index (χ1) is 32.2. The van der Waals surface area contributed by atoms with E-state index in [0.717, 1.165) is 82.9 Å². The van der Waals surface area contributed by atoms with Crippen molar-refractivity contribution < 1.29 is 0 Å². The summed E-state index contributed by atoms with van der Waals surface area (Å²) in [4.78, 5) is 20.5. The predicted molar refractivity (Wildman–Crippen MR) is 269 cm³/mol. The molecule has 0 unspecified atom stereocenters. The van der Waals surface area contributed by atoms with Crippen molar-refractivity contribution in [3.8, 4) is 62.2 Å². The minimum atomic E-state index is 0.637. The Hall–Kier alpha value is -8.80. The summed E-state index contributed by atoms with van der Waals surface area (Å²) >= 11 is 0. The summed E-state index contributed by atoms with van der Waals surface area (Å²) in [6.45, 7) is 0. The fraction of sp³-hybridized carbons (Fsp3) is 0. The second-order valence-electron chi connectivity index (χ2n) is 16.6. The molecule has 0 aliphatic carbocycles. The standard InChI is InChI=1S/C60H37N5/c1-4-17-39(18-5-1)57-53-37-56-52(36-50(53)48-26-14-15-27-54(48)61-57)51-35-43(29-33-55(51)65(56)44-30-28-38-16-10-11-23-42(38)34-44)45-31-32-49(47-25-13-12-24-46(45)47)60-63-58(40-19-6-2-7-20-40)62-59(64-60)41-21-8-3-9-22-41/h1-37H. The minimum absolute atomic E-state index is 0.637. The second kappa shape index (κ2) is 14.9. The summed E-state index contributed by atoms with van der Waals surface area (Å²) in [6, 6.07) is 79.5. The number of nitrogens with zero attached hydrogens (tertiary/aromatic N) is 5. The van der Waals surface area contributed by atoms with Gasteiger partial charge in [0, 0.05) is 49.5 Å². The Labute approximate surface area is 374 Å². The molecule has 5 heteroatoms. The number of rotatable bonds is 6. The Morgan fingerprint density at radius 1 is 0.277 bits per heavy atom. The quantitative estimate of drug-likeness (QED) is 0.157. The molecule has 0 N–H and O–H groups in total. The Kier molecular flexibility index (Phi) is 8.46. The number of hydrogen-bond acceptors (Lipinski definition) is 4. The summed E-state index contributed by atoms with van der Waals surface area (Å²) in [7, 11) is 0. The molecule has 302 valence electrons. The van der Waals surface area contributed by atoms with Gasteiger partial charge in [-0.2, -0.15) is 0 Å². The van der Waals surface area contributed by atoms with Crippen LogP contribution in [0.1, 0.15) is 0 Å². The van der Waals surface area contributed by atoms with Gasteiger partial charge >= 0.3 is 0 Å². The van der Waals surface area contributed by atoms with E-state index < -0.39 is 0 Å². The number of aromatic nitrogens is 5. The van der Waals surface area contributed by atoms with Crippen LogP contribution in [0, 0.1) is 0 Å². The third kappa shape index (κ3) is 6.16. The summed E-state index contributed by atoms with van der Waals surface area (Å²) in [5.41, 5.74) is 11.6. The number of benzene rings is 10. The van der Waals surface area contributed by atoms with Crippen LogP contribution in [0.15, 0.2) is 224 Å². The van der Waals surface area contributed by atoms with Crippen molar-refractivity contribution in [2.75, 3.05) is 0 Å². The average molecular weight is 828 g/mol. The van der Waals surface area contributed by atoms with E-state index in [1.807, 2.05) is 60.7 Å². The summed E-state index contributed by atoms with van der Waals surface area (Å²) in [6.07, 6.45) is 0. The van der Waals surface area contributed by atoms with Crippen LogP contribution in [0.5, 0.6) is 0 Å². The van der Waals surface area contributed by atoms with Gasteiger partial charge in [0.15, 0.2) is 17.5 Å². The number of para-hydroxylation sites is 1. The van der Waals surface area contributed by atoms with Gasteiger partial charge in [-0.25, -0.2) is 19.9 Å². The van der Waals surface area contributed by atoms with E-state index in [1.54, 1.807) is 0 Å². The lowest BCUT2D eigenvalue weighted by atomic mass is 9.93. The molecule has 13 aromatic rings. The number of hydrogen-bond donors (Lipinski definition) is 0. The number of pyridine rings is 1. The minimum Gasteiger partial charge on any atom is -0.309 e. The van der Waals surface area contributed by atoms with Gasteiger partial charge in [-0.3, -0.25) is 0 Å². The molecule has 0 fully saturated rings. The van der Waals surface area contributed by atoms with Gasteiger partial charge in [-0.1, -0.05) is 176 Å². The fourth-order valence-electron chi connectivity index (χ4n) is 9.72. The first-order valence-electron chi connectivity index (χ1n) is 22.0. The average Bonchev–Trinajstić information content (AvgIpc) is 3.70. The summed E-state index contributed by atoms with van der Waals surface area (Å²) in [5.74, 6) is 1.92. The van der Waals surface area contributed by atoms with Crippen molar-refractivity contribution in [3.63, 3.8) is 0 Å². The third-order valence-electron chi connectivity index (χ3n) is 12.8. The predicted octanol–water partition coefficient (Wildman–Crippen LogP) is 15.3. The van der Waals surface area contributed by atoms with Gasteiger partial charge in [0.1, 0.15) is 0 Å². The molecule has 3 aromatic heterocycles. The Morgan fingerprint density at radius 2 is 0.846 bits per heavy atom. The zero-order valence-electron chi connectivity index (χ0n) is 35.1. The van der Waals surface area contributed by atoms with Crippen molar-refractivity contribution in [2.24, 2.45) is 0 Å². The Balaban J connectivity index is 1.05. The highest BCUT2D eigenvalue weighted by molar-refractivity contribution is 6.21. The van der Waals surface area contributed by atoms with Crippen LogP contribution in [0.3, 0.4) is 0 Å². The van der Waals surface area contributed by atoms with E-state index in [2.05, 4.69) is 168 Å². The summed E-state index contributed by atoms with van der Waals surface area (Å²) in [5, 5.41) is 10.4. The normalized spacial score (nSPS) is 11.7. The molecule has 0 saturated heterocycles. The topological polar surface area (TPSA) is 56.5 Å². The van der Waals surface area contributed by atoms with Crippen LogP contribution in [0.4, 0.5) is 0 Å². The largest absolute Gasteiger partial charge is 0.309 e. The third-order valence-corrected chi connectivity index (χ3v) is 12.8. The lowest BCUT2D eigenvalue weighted by Crippen LogP contribution is -2.00. The maximum Gasteiger partial charge on any atom is 0.164 e. The molecular weight excluding hydrogens is 791 g/mol. The van der Waals surface area contributed by atoms with Crippen LogP contribution in [-0.2, 0) is 0 Å². The Bertz CT molecular complexity index is 3930. The molecule has 0 amide bonds. The van der Waals surface area contributed by atoms with Gasteiger partial charge in [-0.15, -0.1) is 0 Å². The van der Waals surface area contributed by atoms with Gasteiger partial charge < -0.3 is 4.57 Å². The smallest absolute Gasteiger partial charge is 0.164 e. The van der Waals surface area contributed by atoms with Gasteiger partial charge in [0.05, 0.1) is 22.2 Å². The van der Waals surface area contributed by atoms with Crippen LogP contribution in [0.25, 0.3) is 127 Å². The highest BCUT2D eigenvalue weighted by atomic mass is 15.0. The first-order valence-corrected chi connectivity index (χ1v) is 22.0. The van der Waals surface area contributed by atoms with Gasteiger partial charge in [-0.05, 0) is 86.6 Å². The van der Waals surface area contributed by atoms with Crippen LogP contribution in [-0.4, -0.2) is 24.5 Å². The molecule has 13 rings (SSSR count). The van der Waals surface area contributed by atoms with Crippen molar-refractivity contribution in [1.82, 2.24) is 24.5 Å². The molecule has 65 heavy (non-hydrogen) atoms. The summed E-state index contributed by atoms with van der Waals surface area (Å²) < 4.78 is 2.43. The van der Waals surface area contributed by atoms with Crippen molar-refractivity contribution in [1.29, 1.82) is 0 Å². The molecular formula is C60H37N5. The van der Waals surface area contributed by atoms with Crippen LogP contribution < -0.4 is 0 Å². The molecule has 0 bridgehead atoms. The van der Waals surface area contributed by atoms with E-state index in [9.17, 15) is 0 Å². The lowest BCUT2D eigenvalue weighted by Gasteiger charge is -2.14. The van der Waals surface area contributed by atoms with Crippen molar-refractivity contribution in [3.05, 3.63) is 224 Å². The molecule has 0 aliphatic heterocycles. The molecule has 10 aromatic carbocycles. The monoisotopic (exact) mass is 827 g/mol. The van der Waals surface area contributed by atoms with Crippen LogP contribution in [0.2, 0.25) is 0 Å². The van der Waals surface area contributed by atoms with E-state index in [-0.39, 0.29) is 0 Å². The highest BCUT2D eigenvalue weighted by Gasteiger charge is 2.20. The van der Waals surface area contributed by atoms with E-state index >= 15 is 0 Å². The zero-order valence-corrected chi connectivity index (χ0v) is 35.1. The highest BCUT2D eigenvalue weighted by Crippen LogP contribution is 2.43. The molecule has 0 atom stereocenters. The van der Waals surface area contributed by atoms with E-state index in [1.165, 1.54) is 26.9 Å². The molecule has 0 aliphatic rings. The van der Waals surface area contributed by atoms with Crippen molar-refractivity contribution >= 4 is 65.0 Å². The molecule has 0 radical (unpaired) electrons. The first kappa shape index (κ1) is 36.8. The fourth-order valence-corrected chi connectivity index (χ4v) is 9.72. The molecule has 0 spiro atoms. The second-order valence-corrected chi connectivity index (χ2v) is 16.6. The number of fused-ring (bicyclic) bond motifs is 8. The maximum atomic E-state index is 5.31. The van der Waals surface area contributed by atoms with E-state index in [0.29, 0.717) is 17.5 Å². The zero-order chi connectivity index (χ0) is 42.8. The Morgan fingerprint density at radius 3 is 1.57 bits per heavy atom. The van der Waals surface area contributed by atoms with Gasteiger partial charge in [0.25, 0.3) is 0 Å². The molecule has 0 saturated carbocycles. The van der Waals surface area contributed by atoms with Gasteiger partial charge in [0.2, 0.25) is 0 Å². The van der Waals surface area contributed by atoms with Crippen molar-refractivity contribution in [2.45, 2.75) is 0 Å². The molecule has 5 nitrogen and oxygen atoms in total. The SMILES string of the molecule is c1ccc(-c2nc(-c3ccccc3)nc(-c3ccc(-c4ccc5c(c4)c4cc6c(cc4n5-c4ccc5ccccc5c4)c(-c4ccccc4)nc4ccccc46)c4ccccc34)n2)cc1. The van der Waals surface area contributed by atoms with E-state index in [4.69, 9.17) is 19.9 Å². The maximum absolute atomic E-state index is 5.31. The van der Waals surface area contributed by atoms with Crippen LogP contribution >= 0.6 is 0 Å². The lowest BCUT2D eigenvalue weighted by molar-refractivity contribution is 1.08. The molecule has 3 heterocycles.